The molecule has 156 valence electrons. The van der Waals surface area contributed by atoms with E-state index in [1.807, 2.05) is 55.5 Å². The zero-order valence-corrected chi connectivity index (χ0v) is 16.9. The van der Waals surface area contributed by atoms with Crippen molar-refractivity contribution >= 4 is 11.9 Å². The topological polar surface area (TPSA) is 112 Å². The number of hydrogen-bond acceptors (Lipinski definition) is 5. The Morgan fingerprint density at radius 1 is 1.03 bits per heavy atom. The summed E-state index contributed by atoms with van der Waals surface area (Å²) in [5.74, 6) is -0.391. The maximum atomic E-state index is 12.5. The van der Waals surface area contributed by atoms with Crippen molar-refractivity contribution in [2.45, 2.75) is 39.2 Å². The van der Waals surface area contributed by atoms with Crippen LogP contribution in [0.5, 0.6) is 0 Å². The number of aromatic amines is 1. The van der Waals surface area contributed by atoms with Gasteiger partial charge in [0.1, 0.15) is 0 Å². The Labute approximate surface area is 174 Å². The highest BCUT2D eigenvalue weighted by atomic mass is 16.4. The van der Waals surface area contributed by atoms with Gasteiger partial charge in [-0.2, -0.15) is 5.21 Å². The first kappa shape index (κ1) is 21.2. The van der Waals surface area contributed by atoms with Crippen LogP contribution in [0.1, 0.15) is 38.2 Å². The van der Waals surface area contributed by atoms with Gasteiger partial charge in [0.25, 0.3) is 0 Å². The number of aliphatic carboxylic acids is 1. The molecule has 0 spiro atoms. The van der Waals surface area contributed by atoms with Crippen LogP contribution in [0.25, 0.3) is 22.5 Å². The van der Waals surface area contributed by atoms with E-state index in [0.717, 1.165) is 35.1 Å². The average molecular weight is 407 g/mol. The Kier molecular flexibility index (Phi) is 7.26. The maximum absolute atomic E-state index is 12.5. The summed E-state index contributed by atoms with van der Waals surface area (Å²) in [4.78, 5) is 25.1. The fourth-order valence-electron chi connectivity index (χ4n) is 3.22. The molecule has 1 heterocycles. The molecule has 0 fully saturated rings. The van der Waals surface area contributed by atoms with Crippen LogP contribution < -0.4 is 0 Å². The van der Waals surface area contributed by atoms with E-state index in [1.54, 1.807) is 4.90 Å². The van der Waals surface area contributed by atoms with Gasteiger partial charge in [-0.25, -0.2) is 0 Å². The summed E-state index contributed by atoms with van der Waals surface area (Å²) >= 11 is 0. The number of benzene rings is 2. The maximum Gasteiger partial charge on any atom is 0.305 e. The Morgan fingerprint density at radius 3 is 2.40 bits per heavy atom. The number of rotatable bonds is 10. The summed E-state index contributed by atoms with van der Waals surface area (Å²) in [6, 6.07) is 15.7. The third-order valence-electron chi connectivity index (χ3n) is 4.84. The highest BCUT2D eigenvalue weighted by Crippen LogP contribution is 2.29. The van der Waals surface area contributed by atoms with Crippen LogP contribution in [0.3, 0.4) is 0 Å². The minimum Gasteiger partial charge on any atom is -0.481 e. The molecule has 2 N–H and O–H groups in total. The molecule has 0 aliphatic rings. The van der Waals surface area contributed by atoms with Gasteiger partial charge in [-0.3, -0.25) is 9.59 Å². The number of amides is 1. The van der Waals surface area contributed by atoms with Crippen molar-refractivity contribution in [3.8, 4) is 22.5 Å². The van der Waals surface area contributed by atoms with Crippen molar-refractivity contribution in [2.75, 3.05) is 6.54 Å². The second kappa shape index (κ2) is 10.3. The molecule has 0 unspecified atom stereocenters. The van der Waals surface area contributed by atoms with Crippen molar-refractivity contribution in [2.24, 2.45) is 0 Å². The Morgan fingerprint density at radius 2 is 1.77 bits per heavy atom. The van der Waals surface area contributed by atoms with Crippen LogP contribution in [0.15, 0.2) is 48.5 Å². The Hall–Kier alpha value is -3.55. The molecular weight excluding hydrogens is 382 g/mol. The number of hydrogen-bond donors (Lipinski definition) is 2. The SMILES string of the molecule is CCCCC(=O)N(CCC(=O)O)Cc1ccc(-c2ccccc2-c2nn[nH]n2)cc1. The Balaban J connectivity index is 1.77. The lowest BCUT2D eigenvalue weighted by Gasteiger charge is -2.22. The van der Waals surface area contributed by atoms with Crippen molar-refractivity contribution in [3.05, 3.63) is 54.1 Å². The number of carboxylic acid groups (broad SMARTS) is 1. The predicted molar refractivity (Wildman–Crippen MR) is 112 cm³/mol. The van der Waals surface area contributed by atoms with Crippen LogP contribution >= 0.6 is 0 Å². The molecule has 3 aromatic rings. The molecule has 0 aliphatic heterocycles. The van der Waals surface area contributed by atoms with Gasteiger partial charge in [0, 0.05) is 25.1 Å². The van der Waals surface area contributed by atoms with Gasteiger partial charge < -0.3 is 10.0 Å². The minimum atomic E-state index is -0.906. The summed E-state index contributed by atoms with van der Waals surface area (Å²) in [5.41, 5.74) is 3.80. The number of nitrogens with zero attached hydrogens (tertiary/aromatic N) is 4. The third-order valence-corrected chi connectivity index (χ3v) is 4.84. The lowest BCUT2D eigenvalue weighted by Crippen LogP contribution is -2.32. The van der Waals surface area contributed by atoms with Crippen molar-refractivity contribution < 1.29 is 14.7 Å². The molecule has 0 saturated carbocycles. The van der Waals surface area contributed by atoms with Crippen molar-refractivity contribution in [1.82, 2.24) is 25.5 Å². The van der Waals surface area contributed by atoms with E-state index in [2.05, 4.69) is 20.6 Å². The van der Waals surface area contributed by atoms with E-state index in [4.69, 9.17) is 5.11 Å². The molecule has 30 heavy (non-hydrogen) atoms. The molecule has 2 aromatic carbocycles. The average Bonchev–Trinajstić information content (AvgIpc) is 3.30. The van der Waals surface area contributed by atoms with E-state index in [0.29, 0.717) is 18.8 Å². The van der Waals surface area contributed by atoms with Gasteiger partial charge >= 0.3 is 5.97 Å². The smallest absolute Gasteiger partial charge is 0.305 e. The van der Waals surface area contributed by atoms with Crippen molar-refractivity contribution in [3.63, 3.8) is 0 Å². The quantitative estimate of drug-likeness (QED) is 0.532. The van der Waals surface area contributed by atoms with E-state index < -0.39 is 5.97 Å². The lowest BCUT2D eigenvalue weighted by molar-refractivity contribution is -0.138. The molecule has 0 radical (unpaired) electrons. The van der Waals surface area contributed by atoms with Crippen LogP contribution in [-0.4, -0.2) is 49.1 Å². The summed E-state index contributed by atoms with van der Waals surface area (Å²) in [6.07, 6.45) is 2.10. The van der Waals surface area contributed by atoms with Gasteiger partial charge in [-0.1, -0.05) is 61.9 Å². The molecule has 8 heteroatoms. The van der Waals surface area contributed by atoms with E-state index in [9.17, 15) is 9.59 Å². The van der Waals surface area contributed by atoms with Gasteiger partial charge in [0.2, 0.25) is 11.7 Å². The molecule has 3 rings (SSSR count). The highest BCUT2D eigenvalue weighted by molar-refractivity contribution is 5.80. The third kappa shape index (κ3) is 5.50. The monoisotopic (exact) mass is 407 g/mol. The number of carbonyl (C=O) groups excluding carboxylic acids is 1. The summed E-state index contributed by atoms with van der Waals surface area (Å²) < 4.78 is 0. The minimum absolute atomic E-state index is 0.00960. The molecule has 0 atom stereocenters. The molecule has 1 aromatic heterocycles. The molecule has 0 aliphatic carbocycles. The molecule has 1 amide bonds. The standard InChI is InChI=1S/C22H25N5O3/c1-2-3-8-20(28)27(14-13-21(29)30)15-16-9-11-17(12-10-16)18-6-4-5-7-19(18)22-23-25-26-24-22/h4-7,9-12H,2-3,8,13-15H2,1H3,(H,29,30)(H,23,24,25,26). The summed E-state index contributed by atoms with van der Waals surface area (Å²) in [7, 11) is 0. The second-order valence-corrected chi connectivity index (χ2v) is 7.04. The molecular formula is C22H25N5O3. The number of tetrazole rings is 1. The number of nitrogens with one attached hydrogen (secondary N) is 1. The highest BCUT2D eigenvalue weighted by Gasteiger charge is 2.16. The van der Waals surface area contributed by atoms with Crippen LogP contribution in [0.2, 0.25) is 0 Å². The van der Waals surface area contributed by atoms with Gasteiger partial charge in [-0.15, -0.1) is 10.2 Å². The largest absolute Gasteiger partial charge is 0.481 e. The number of aromatic nitrogens is 4. The van der Waals surface area contributed by atoms with Crippen molar-refractivity contribution in [1.29, 1.82) is 0 Å². The van der Waals surface area contributed by atoms with Gasteiger partial charge in [0.15, 0.2) is 0 Å². The number of H-pyrrole nitrogens is 1. The van der Waals surface area contributed by atoms with E-state index in [1.165, 1.54) is 0 Å². The zero-order valence-electron chi connectivity index (χ0n) is 16.9. The predicted octanol–water partition coefficient (Wildman–Crippen LogP) is 3.53. The Bertz CT molecular complexity index is 971. The molecule has 8 nitrogen and oxygen atoms in total. The number of unbranched alkanes of at least 4 members (excludes halogenated alkanes) is 1. The second-order valence-electron chi connectivity index (χ2n) is 7.04. The molecule has 0 bridgehead atoms. The zero-order chi connectivity index (χ0) is 21.3. The van der Waals surface area contributed by atoms with Gasteiger partial charge in [-0.05, 0) is 28.3 Å². The summed E-state index contributed by atoms with van der Waals surface area (Å²) in [5, 5.41) is 23.2. The van der Waals surface area contributed by atoms with E-state index in [-0.39, 0.29) is 18.9 Å². The molecule has 0 saturated heterocycles. The van der Waals surface area contributed by atoms with Crippen LogP contribution in [0, 0.1) is 0 Å². The normalized spacial score (nSPS) is 10.7. The first-order chi connectivity index (χ1) is 14.6. The fraction of sp³-hybridized carbons (Fsp3) is 0.318. The van der Waals surface area contributed by atoms with Crippen LogP contribution in [-0.2, 0) is 16.1 Å². The van der Waals surface area contributed by atoms with Crippen LogP contribution in [0.4, 0.5) is 0 Å². The van der Waals surface area contributed by atoms with Gasteiger partial charge in [0.05, 0.1) is 6.42 Å². The first-order valence-corrected chi connectivity index (χ1v) is 10.00. The summed E-state index contributed by atoms with van der Waals surface area (Å²) in [6.45, 7) is 2.63. The number of carboxylic acids is 1. The first-order valence-electron chi connectivity index (χ1n) is 10.00. The lowest BCUT2D eigenvalue weighted by atomic mass is 9.98. The fourth-order valence-corrected chi connectivity index (χ4v) is 3.22. The number of carbonyl (C=O) groups is 2. The van der Waals surface area contributed by atoms with E-state index >= 15 is 0 Å².